The molecule has 33 heavy (non-hydrogen) atoms. The number of carbonyl (C=O) groups is 1. The Balaban J connectivity index is 1.40. The normalized spacial score (nSPS) is 13.8. The van der Waals surface area contributed by atoms with Gasteiger partial charge in [0, 0.05) is 37.9 Å². The molecule has 1 saturated heterocycles. The molecule has 1 amide bonds. The minimum Gasteiger partial charge on any atom is -0.357 e. The Morgan fingerprint density at radius 3 is 2.42 bits per heavy atom. The highest BCUT2D eigenvalue weighted by molar-refractivity contribution is 7.89. The summed E-state index contributed by atoms with van der Waals surface area (Å²) in [6, 6.07) is 17.3. The Morgan fingerprint density at radius 1 is 0.970 bits per heavy atom. The van der Waals surface area contributed by atoms with E-state index < -0.39 is 15.9 Å². The topological polar surface area (TPSA) is 91.4 Å². The number of rotatable bonds is 8. The fraction of sp³-hybridized carbons (Fsp3) is 0.250. The van der Waals surface area contributed by atoms with Crippen molar-refractivity contribution in [2.45, 2.75) is 30.8 Å². The molecule has 0 bridgehead atoms. The second-order valence-electron chi connectivity index (χ2n) is 7.86. The van der Waals surface area contributed by atoms with Crippen LogP contribution in [0.2, 0.25) is 5.02 Å². The van der Waals surface area contributed by atoms with Crippen molar-refractivity contribution >= 4 is 33.3 Å². The molecule has 1 aliphatic heterocycles. The number of benzene rings is 2. The fourth-order valence-electron chi connectivity index (χ4n) is 3.64. The van der Waals surface area contributed by atoms with Gasteiger partial charge in [-0.1, -0.05) is 48.0 Å². The molecule has 7 nitrogen and oxygen atoms in total. The number of nitrogens with zero attached hydrogens (tertiary/aromatic N) is 2. The molecule has 1 aromatic heterocycles. The molecule has 172 valence electrons. The molecule has 2 N–H and O–H groups in total. The molecule has 0 unspecified atom stereocenters. The molecule has 9 heteroatoms. The van der Waals surface area contributed by atoms with E-state index in [4.69, 9.17) is 11.6 Å². The van der Waals surface area contributed by atoms with Gasteiger partial charge in [-0.25, -0.2) is 18.1 Å². The quantitative estimate of drug-likeness (QED) is 0.508. The zero-order valence-corrected chi connectivity index (χ0v) is 19.6. The van der Waals surface area contributed by atoms with Gasteiger partial charge >= 0.3 is 0 Å². The van der Waals surface area contributed by atoms with E-state index >= 15 is 0 Å². The molecule has 4 rings (SSSR count). The summed E-state index contributed by atoms with van der Waals surface area (Å²) in [7, 11) is -3.90. The molecule has 1 fully saturated rings. The van der Waals surface area contributed by atoms with E-state index in [0.717, 1.165) is 30.0 Å². The number of hydrogen-bond donors (Lipinski definition) is 2. The van der Waals surface area contributed by atoms with Crippen molar-refractivity contribution in [3.05, 3.63) is 88.6 Å². The Labute approximate surface area is 198 Å². The zero-order chi connectivity index (χ0) is 23.3. The number of anilines is 1. The van der Waals surface area contributed by atoms with Crippen LogP contribution in [0.4, 0.5) is 5.82 Å². The van der Waals surface area contributed by atoms with E-state index in [2.05, 4.69) is 19.9 Å². The number of carbonyl (C=O) groups excluding carboxylic acids is 1. The molecular formula is C24H25ClN4O3S. The Kier molecular flexibility index (Phi) is 7.27. The van der Waals surface area contributed by atoms with Gasteiger partial charge in [0.15, 0.2) is 0 Å². The summed E-state index contributed by atoms with van der Waals surface area (Å²) in [6.45, 7) is 2.44. The van der Waals surface area contributed by atoms with Crippen LogP contribution in [0.5, 0.6) is 0 Å². The van der Waals surface area contributed by atoms with Crippen molar-refractivity contribution in [1.82, 2.24) is 15.0 Å². The lowest BCUT2D eigenvalue weighted by Gasteiger charge is -2.16. The molecule has 2 heterocycles. The van der Waals surface area contributed by atoms with Crippen molar-refractivity contribution in [3.8, 4) is 0 Å². The highest BCUT2D eigenvalue weighted by Gasteiger charge is 2.20. The standard InChI is InChI=1S/C24H25ClN4O3S/c25-21-10-9-20(14-22(21)33(31,32)28-17-18-6-2-1-3-7-18)24(30)27-16-19-8-11-23(26-15-19)29-12-4-5-13-29/h1-3,6-11,14-15,28H,4-5,12-13,16-17H2,(H,27,30). The summed E-state index contributed by atoms with van der Waals surface area (Å²) in [5.74, 6) is 0.549. The molecule has 0 aliphatic carbocycles. The Hall–Kier alpha value is -2.94. The number of nitrogens with one attached hydrogen (secondary N) is 2. The maximum Gasteiger partial charge on any atom is 0.251 e. The summed E-state index contributed by atoms with van der Waals surface area (Å²) in [4.78, 5) is 19.3. The predicted molar refractivity (Wildman–Crippen MR) is 129 cm³/mol. The third-order valence-electron chi connectivity index (χ3n) is 5.48. The number of aromatic nitrogens is 1. The second kappa shape index (κ2) is 10.3. The van der Waals surface area contributed by atoms with E-state index in [0.29, 0.717) is 0 Å². The largest absolute Gasteiger partial charge is 0.357 e. The lowest BCUT2D eigenvalue weighted by atomic mass is 10.2. The van der Waals surface area contributed by atoms with Crippen LogP contribution in [0.3, 0.4) is 0 Å². The number of sulfonamides is 1. The van der Waals surface area contributed by atoms with Gasteiger partial charge in [0.25, 0.3) is 5.91 Å². The van der Waals surface area contributed by atoms with Gasteiger partial charge in [-0.3, -0.25) is 4.79 Å². The van der Waals surface area contributed by atoms with Gasteiger partial charge in [-0.2, -0.15) is 0 Å². The van der Waals surface area contributed by atoms with Crippen LogP contribution in [0.1, 0.15) is 34.3 Å². The molecule has 2 aromatic carbocycles. The van der Waals surface area contributed by atoms with E-state index in [1.807, 2.05) is 42.5 Å². The van der Waals surface area contributed by atoms with Crippen molar-refractivity contribution in [3.63, 3.8) is 0 Å². The minimum absolute atomic E-state index is 0.0498. The molecule has 0 spiro atoms. The minimum atomic E-state index is -3.90. The fourth-order valence-corrected chi connectivity index (χ4v) is 5.18. The molecule has 0 atom stereocenters. The average molecular weight is 485 g/mol. The molecular weight excluding hydrogens is 460 g/mol. The third kappa shape index (κ3) is 5.90. The van der Waals surface area contributed by atoms with Gasteiger partial charge in [-0.05, 0) is 48.2 Å². The van der Waals surface area contributed by atoms with Crippen molar-refractivity contribution in [2.75, 3.05) is 18.0 Å². The van der Waals surface area contributed by atoms with Crippen molar-refractivity contribution in [1.29, 1.82) is 0 Å². The molecule has 3 aromatic rings. The van der Waals surface area contributed by atoms with Crippen molar-refractivity contribution in [2.24, 2.45) is 0 Å². The van der Waals surface area contributed by atoms with Gasteiger partial charge < -0.3 is 10.2 Å². The average Bonchev–Trinajstić information content (AvgIpc) is 3.37. The Morgan fingerprint density at radius 2 is 1.73 bits per heavy atom. The maximum atomic E-state index is 12.8. The van der Waals surface area contributed by atoms with Crippen LogP contribution in [-0.4, -0.2) is 32.4 Å². The van der Waals surface area contributed by atoms with Crippen LogP contribution < -0.4 is 14.9 Å². The second-order valence-corrected chi connectivity index (χ2v) is 10.00. The van der Waals surface area contributed by atoms with Gasteiger partial charge in [-0.15, -0.1) is 0 Å². The molecule has 0 saturated carbocycles. The molecule has 1 aliphatic rings. The van der Waals surface area contributed by atoms with Gasteiger partial charge in [0.2, 0.25) is 10.0 Å². The molecule has 0 radical (unpaired) electrons. The summed E-state index contributed by atoms with van der Waals surface area (Å²) >= 11 is 6.15. The van der Waals surface area contributed by atoms with Crippen molar-refractivity contribution < 1.29 is 13.2 Å². The highest BCUT2D eigenvalue weighted by atomic mass is 35.5. The zero-order valence-electron chi connectivity index (χ0n) is 18.0. The smallest absolute Gasteiger partial charge is 0.251 e. The van der Waals surface area contributed by atoms with Crippen LogP contribution >= 0.6 is 11.6 Å². The third-order valence-corrected chi connectivity index (χ3v) is 7.37. The number of pyridine rings is 1. The lowest BCUT2D eigenvalue weighted by molar-refractivity contribution is 0.0950. The monoisotopic (exact) mass is 484 g/mol. The summed E-state index contributed by atoms with van der Waals surface area (Å²) in [5.41, 5.74) is 1.88. The van der Waals surface area contributed by atoms with Crippen LogP contribution in [0.15, 0.2) is 71.8 Å². The number of hydrogen-bond acceptors (Lipinski definition) is 5. The Bertz CT molecular complexity index is 1210. The summed E-state index contributed by atoms with van der Waals surface area (Å²) < 4.78 is 28.1. The predicted octanol–water partition coefficient (Wildman–Crippen LogP) is 3.74. The maximum absolute atomic E-state index is 12.8. The first kappa shape index (κ1) is 23.2. The SMILES string of the molecule is O=C(NCc1ccc(N2CCCC2)nc1)c1ccc(Cl)c(S(=O)(=O)NCc2ccccc2)c1. The summed E-state index contributed by atoms with van der Waals surface area (Å²) in [5, 5.41) is 2.86. The van der Waals surface area contributed by atoms with Gasteiger partial charge in [0.1, 0.15) is 10.7 Å². The first-order valence-electron chi connectivity index (χ1n) is 10.7. The van der Waals surface area contributed by atoms with Crippen LogP contribution in [-0.2, 0) is 23.1 Å². The number of halogens is 1. The lowest BCUT2D eigenvalue weighted by Crippen LogP contribution is -2.26. The van der Waals surface area contributed by atoms with Crippen LogP contribution in [0.25, 0.3) is 0 Å². The highest BCUT2D eigenvalue weighted by Crippen LogP contribution is 2.23. The van der Waals surface area contributed by atoms with Gasteiger partial charge in [0.05, 0.1) is 5.02 Å². The van der Waals surface area contributed by atoms with E-state index in [1.165, 1.54) is 31.0 Å². The van der Waals surface area contributed by atoms with E-state index in [1.54, 1.807) is 6.20 Å². The first-order valence-corrected chi connectivity index (χ1v) is 12.6. The van der Waals surface area contributed by atoms with Crippen LogP contribution in [0, 0.1) is 0 Å². The first-order chi connectivity index (χ1) is 15.9. The summed E-state index contributed by atoms with van der Waals surface area (Å²) in [6.07, 6.45) is 4.11. The van der Waals surface area contributed by atoms with E-state index in [-0.39, 0.29) is 28.6 Å². The number of amides is 1. The van der Waals surface area contributed by atoms with E-state index in [9.17, 15) is 13.2 Å².